The summed E-state index contributed by atoms with van der Waals surface area (Å²) in [5, 5.41) is 2.76. The van der Waals surface area contributed by atoms with Crippen molar-refractivity contribution in [1.29, 1.82) is 0 Å². The molecule has 0 bridgehead atoms. The molecule has 5 nitrogen and oxygen atoms in total. The molecule has 0 spiro atoms. The van der Waals surface area contributed by atoms with Crippen molar-refractivity contribution >= 4 is 21.6 Å². The number of nitrogens with zero attached hydrogens (tertiary/aromatic N) is 1. The lowest BCUT2D eigenvalue weighted by atomic mass is 10.3. The first-order valence-electron chi connectivity index (χ1n) is 5.93. The minimum atomic E-state index is -3.25. The van der Waals surface area contributed by atoms with E-state index in [1.165, 1.54) is 4.90 Å². The minimum Gasteiger partial charge on any atom is -0.338 e. The van der Waals surface area contributed by atoms with Crippen LogP contribution in [0.2, 0.25) is 0 Å². The second-order valence-corrected chi connectivity index (χ2v) is 6.25. The monoisotopic (exact) mass is 268 g/mol. The summed E-state index contributed by atoms with van der Waals surface area (Å²) in [4.78, 5) is 13.7. The van der Waals surface area contributed by atoms with Gasteiger partial charge in [0.25, 0.3) is 0 Å². The number of para-hydroxylation sites is 1. The molecule has 0 aromatic heterocycles. The second-order valence-electron chi connectivity index (χ2n) is 4.17. The number of sulfone groups is 1. The molecule has 0 aliphatic carbocycles. The Kier molecular flexibility index (Phi) is 3.56. The Morgan fingerprint density at radius 2 is 2.11 bits per heavy atom. The molecule has 0 atom stereocenters. The summed E-state index contributed by atoms with van der Waals surface area (Å²) >= 11 is 0. The predicted molar refractivity (Wildman–Crippen MR) is 69.5 cm³/mol. The van der Waals surface area contributed by atoms with Gasteiger partial charge in [-0.2, -0.15) is 0 Å². The number of nitrogens with one attached hydrogen (secondary N) is 1. The fourth-order valence-electron chi connectivity index (χ4n) is 1.92. The molecule has 1 aliphatic heterocycles. The third-order valence-corrected chi connectivity index (χ3v) is 4.58. The molecule has 18 heavy (non-hydrogen) atoms. The van der Waals surface area contributed by atoms with Crippen molar-refractivity contribution in [1.82, 2.24) is 5.32 Å². The third kappa shape index (κ3) is 2.33. The van der Waals surface area contributed by atoms with Gasteiger partial charge in [0.2, 0.25) is 0 Å². The van der Waals surface area contributed by atoms with Crippen molar-refractivity contribution in [3.63, 3.8) is 0 Å². The number of hydrogen-bond acceptors (Lipinski definition) is 3. The second kappa shape index (κ2) is 4.97. The Labute approximate surface area is 107 Å². The third-order valence-electron chi connectivity index (χ3n) is 2.85. The number of carbonyl (C=O) groups is 1. The van der Waals surface area contributed by atoms with Crippen LogP contribution < -0.4 is 10.2 Å². The number of anilines is 1. The van der Waals surface area contributed by atoms with Crippen LogP contribution in [0.5, 0.6) is 0 Å². The largest absolute Gasteiger partial charge is 0.338 e. The molecule has 2 amide bonds. The van der Waals surface area contributed by atoms with Crippen LogP contribution in [0.15, 0.2) is 29.2 Å². The van der Waals surface area contributed by atoms with Gasteiger partial charge in [-0.1, -0.05) is 19.1 Å². The topological polar surface area (TPSA) is 66.5 Å². The smallest absolute Gasteiger partial charge is 0.321 e. The number of benzene rings is 1. The zero-order valence-electron chi connectivity index (χ0n) is 10.2. The van der Waals surface area contributed by atoms with E-state index in [0.717, 1.165) is 6.42 Å². The SMILES string of the molecule is CCCNC(=O)N1CCS(=O)(=O)c2ccccc21. The Balaban J connectivity index is 2.34. The van der Waals surface area contributed by atoms with Crippen molar-refractivity contribution in [3.05, 3.63) is 24.3 Å². The molecule has 0 radical (unpaired) electrons. The van der Waals surface area contributed by atoms with E-state index in [9.17, 15) is 13.2 Å². The Morgan fingerprint density at radius 3 is 2.83 bits per heavy atom. The van der Waals surface area contributed by atoms with Gasteiger partial charge in [0.15, 0.2) is 9.84 Å². The number of rotatable bonds is 2. The summed E-state index contributed by atoms with van der Waals surface area (Å²) in [5.74, 6) is -0.0242. The van der Waals surface area contributed by atoms with Crippen LogP contribution in [-0.4, -0.2) is 33.3 Å². The predicted octanol–water partition coefficient (Wildman–Crippen LogP) is 1.40. The van der Waals surface area contributed by atoms with E-state index in [1.54, 1.807) is 24.3 Å². The van der Waals surface area contributed by atoms with Crippen LogP contribution >= 0.6 is 0 Å². The highest BCUT2D eigenvalue weighted by atomic mass is 32.2. The first kappa shape index (κ1) is 12.9. The lowest BCUT2D eigenvalue weighted by Gasteiger charge is -2.29. The number of carbonyl (C=O) groups excluding carboxylic acids is 1. The Hall–Kier alpha value is -1.56. The van der Waals surface area contributed by atoms with Gasteiger partial charge < -0.3 is 5.32 Å². The van der Waals surface area contributed by atoms with Gasteiger partial charge >= 0.3 is 6.03 Å². The normalized spacial score (nSPS) is 17.1. The first-order valence-corrected chi connectivity index (χ1v) is 7.58. The summed E-state index contributed by atoms with van der Waals surface area (Å²) in [6, 6.07) is 6.38. The molecule has 98 valence electrons. The van der Waals surface area contributed by atoms with Gasteiger partial charge in [0, 0.05) is 13.1 Å². The minimum absolute atomic E-state index is 0.0242. The average molecular weight is 268 g/mol. The number of fused-ring (bicyclic) bond motifs is 1. The van der Waals surface area contributed by atoms with E-state index in [0.29, 0.717) is 12.2 Å². The Morgan fingerprint density at radius 1 is 1.39 bits per heavy atom. The first-order chi connectivity index (χ1) is 8.56. The van der Waals surface area contributed by atoms with Gasteiger partial charge in [-0.05, 0) is 18.6 Å². The Bertz CT molecular complexity index is 554. The summed E-state index contributed by atoms with van der Waals surface area (Å²) in [6.07, 6.45) is 0.847. The summed E-state index contributed by atoms with van der Waals surface area (Å²) in [7, 11) is -3.25. The molecule has 1 aliphatic rings. The van der Waals surface area contributed by atoms with E-state index >= 15 is 0 Å². The number of amides is 2. The molecule has 6 heteroatoms. The molecular weight excluding hydrogens is 252 g/mol. The molecular formula is C12H16N2O3S. The van der Waals surface area contributed by atoms with Crippen LogP contribution in [0.25, 0.3) is 0 Å². The zero-order chi connectivity index (χ0) is 13.2. The highest BCUT2D eigenvalue weighted by Crippen LogP contribution is 2.29. The number of hydrogen-bond donors (Lipinski definition) is 1. The van der Waals surface area contributed by atoms with Gasteiger partial charge in [0.1, 0.15) is 0 Å². The maximum absolute atomic E-state index is 12.0. The standard InChI is InChI=1S/C12H16N2O3S/c1-2-7-13-12(15)14-8-9-18(16,17)11-6-4-3-5-10(11)14/h3-6H,2,7-9H2,1H3,(H,13,15). The van der Waals surface area contributed by atoms with Crippen molar-refractivity contribution < 1.29 is 13.2 Å². The van der Waals surface area contributed by atoms with Gasteiger partial charge in [-0.15, -0.1) is 0 Å². The van der Waals surface area contributed by atoms with Crippen LogP contribution in [0, 0.1) is 0 Å². The van der Waals surface area contributed by atoms with Gasteiger partial charge in [-0.25, -0.2) is 13.2 Å². The molecule has 1 N–H and O–H groups in total. The average Bonchev–Trinajstić information content (AvgIpc) is 2.36. The highest BCUT2D eigenvalue weighted by molar-refractivity contribution is 7.91. The molecule has 1 heterocycles. The molecule has 0 unspecified atom stereocenters. The lowest BCUT2D eigenvalue weighted by Crippen LogP contribution is -2.45. The quantitative estimate of drug-likeness (QED) is 0.881. The summed E-state index contributed by atoms with van der Waals surface area (Å²) < 4.78 is 23.8. The maximum Gasteiger partial charge on any atom is 0.321 e. The van der Waals surface area contributed by atoms with E-state index in [-0.39, 0.29) is 23.2 Å². The molecule has 0 saturated heterocycles. The fourth-order valence-corrected chi connectivity index (χ4v) is 3.35. The van der Waals surface area contributed by atoms with E-state index < -0.39 is 9.84 Å². The maximum atomic E-state index is 12.0. The number of urea groups is 1. The van der Waals surface area contributed by atoms with Crippen LogP contribution in [-0.2, 0) is 9.84 Å². The highest BCUT2D eigenvalue weighted by Gasteiger charge is 2.30. The summed E-state index contributed by atoms with van der Waals surface area (Å²) in [6.45, 7) is 2.76. The van der Waals surface area contributed by atoms with E-state index in [4.69, 9.17) is 0 Å². The van der Waals surface area contributed by atoms with Gasteiger partial charge in [-0.3, -0.25) is 4.90 Å². The molecule has 0 saturated carbocycles. The molecule has 2 rings (SSSR count). The van der Waals surface area contributed by atoms with E-state index in [2.05, 4.69) is 5.32 Å². The van der Waals surface area contributed by atoms with Crippen LogP contribution in [0.4, 0.5) is 10.5 Å². The molecule has 1 aromatic rings. The fraction of sp³-hybridized carbons (Fsp3) is 0.417. The molecule has 1 aromatic carbocycles. The van der Waals surface area contributed by atoms with Crippen LogP contribution in [0.1, 0.15) is 13.3 Å². The van der Waals surface area contributed by atoms with Crippen molar-refractivity contribution in [2.24, 2.45) is 0 Å². The zero-order valence-corrected chi connectivity index (χ0v) is 11.0. The van der Waals surface area contributed by atoms with Crippen molar-refractivity contribution in [3.8, 4) is 0 Å². The van der Waals surface area contributed by atoms with Crippen molar-refractivity contribution in [2.45, 2.75) is 18.2 Å². The lowest BCUT2D eigenvalue weighted by molar-refractivity contribution is 0.246. The van der Waals surface area contributed by atoms with Crippen LogP contribution in [0.3, 0.4) is 0 Å². The van der Waals surface area contributed by atoms with Gasteiger partial charge in [0.05, 0.1) is 16.3 Å². The molecule has 0 fully saturated rings. The van der Waals surface area contributed by atoms with Crippen molar-refractivity contribution in [2.75, 3.05) is 23.7 Å². The van der Waals surface area contributed by atoms with E-state index in [1.807, 2.05) is 6.92 Å². The summed E-state index contributed by atoms with van der Waals surface area (Å²) in [5.41, 5.74) is 0.470.